The van der Waals surface area contributed by atoms with Gasteiger partial charge >= 0.3 is 5.97 Å². The number of carbonyl (C=O) groups excluding carboxylic acids is 1. The molecule has 19 heavy (non-hydrogen) atoms. The number of nitrogens with one attached hydrogen (secondary N) is 1. The van der Waals surface area contributed by atoms with Gasteiger partial charge in [-0.15, -0.1) is 11.8 Å². The van der Waals surface area contributed by atoms with Gasteiger partial charge in [0.25, 0.3) is 0 Å². The maximum absolute atomic E-state index is 11.6. The fourth-order valence-corrected chi connectivity index (χ4v) is 2.13. The van der Waals surface area contributed by atoms with Crippen LogP contribution in [0.4, 0.5) is 11.4 Å². The highest BCUT2D eigenvalue weighted by Crippen LogP contribution is 2.22. The first-order valence-corrected chi connectivity index (χ1v) is 6.93. The number of thioether (sulfide) groups is 1. The standard InChI is InChI=1S/C13H18N2O3S/c1-9-4-5-10(6-11(9)15(2)3)14-12(16)7-19-8-13(17)18/h4-6H,7-8H2,1-3H3,(H,14,16)(H,17,18). The second-order valence-electron chi connectivity index (χ2n) is 4.33. The number of rotatable bonds is 6. The molecule has 0 unspecified atom stereocenters. The Morgan fingerprint density at radius 2 is 2.00 bits per heavy atom. The third-order valence-corrected chi connectivity index (χ3v) is 3.35. The summed E-state index contributed by atoms with van der Waals surface area (Å²) in [5.74, 6) is -1.04. The van der Waals surface area contributed by atoms with Crippen LogP contribution < -0.4 is 10.2 Å². The minimum atomic E-state index is -0.914. The number of amides is 1. The van der Waals surface area contributed by atoms with Crippen molar-refractivity contribution in [1.29, 1.82) is 0 Å². The Morgan fingerprint density at radius 1 is 1.32 bits per heavy atom. The largest absolute Gasteiger partial charge is 0.481 e. The van der Waals surface area contributed by atoms with E-state index in [4.69, 9.17) is 5.11 Å². The van der Waals surface area contributed by atoms with Crippen LogP contribution in [0.5, 0.6) is 0 Å². The van der Waals surface area contributed by atoms with Gasteiger partial charge < -0.3 is 15.3 Å². The molecular formula is C13H18N2O3S. The Kier molecular flexibility index (Phi) is 5.69. The van der Waals surface area contributed by atoms with Crippen molar-refractivity contribution in [3.8, 4) is 0 Å². The van der Waals surface area contributed by atoms with Crippen molar-refractivity contribution in [2.75, 3.05) is 35.8 Å². The van der Waals surface area contributed by atoms with Crippen LogP contribution in [0.3, 0.4) is 0 Å². The first-order valence-electron chi connectivity index (χ1n) is 5.77. The normalized spacial score (nSPS) is 10.1. The fraction of sp³-hybridized carbons (Fsp3) is 0.385. The van der Waals surface area contributed by atoms with Crippen molar-refractivity contribution < 1.29 is 14.7 Å². The van der Waals surface area contributed by atoms with E-state index in [2.05, 4.69) is 5.32 Å². The molecule has 1 aromatic carbocycles. The van der Waals surface area contributed by atoms with E-state index < -0.39 is 5.97 Å². The number of hydrogen-bond donors (Lipinski definition) is 2. The van der Waals surface area contributed by atoms with Crippen molar-refractivity contribution in [3.63, 3.8) is 0 Å². The second kappa shape index (κ2) is 7.04. The van der Waals surface area contributed by atoms with Gasteiger partial charge in [0.05, 0.1) is 11.5 Å². The molecule has 0 radical (unpaired) electrons. The van der Waals surface area contributed by atoms with Gasteiger partial charge in [-0.3, -0.25) is 9.59 Å². The molecule has 0 bridgehead atoms. The van der Waals surface area contributed by atoms with Crippen LogP contribution in [0.15, 0.2) is 18.2 Å². The van der Waals surface area contributed by atoms with Crippen LogP contribution in [-0.2, 0) is 9.59 Å². The highest BCUT2D eigenvalue weighted by atomic mass is 32.2. The van der Waals surface area contributed by atoms with Crippen molar-refractivity contribution in [2.24, 2.45) is 0 Å². The van der Waals surface area contributed by atoms with Crippen LogP contribution in [0, 0.1) is 6.92 Å². The molecule has 0 aliphatic rings. The van der Waals surface area contributed by atoms with Crippen LogP contribution in [0.25, 0.3) is 0 Å². The Hall–Kier alpha value is -1.69. The number of aliphatic carboxylic acids is 1. The summed E-state index contributed by atoms with van der Waals surface area (Å²) in [5, 5.41) is 11.2. The van der Waals surface area contributed by atoms with Crippen LogP contribution >= 0.6 is 11.8 Å². The molecule has 1 rings (SSSR count). The first-order chi connectivity index (χ1) is 8.90. The summed E-state index contributed by atoms with van der Waals surface area (Å²) < 4.78 is 0. The van der Waals surface area contributed by atoms with E-state index in [9.17, 15) is 9.59 Å². The lowest BCUT2D eigenvalue weighted by Gasteiger charge is -2.17. The summed E-state index contributed by atoms with van der Waals surface area (Å²) in [6, 6.07) is 5.67. The number of benzene rings is 1. The number of carboxylic acid groups (broad SMARTS) is 1. The van der Waals surface area contributed by atoms with Gasteiger partial charge in [0, 0.05) is 25.5 Å². The van der Waals surface area contributed by atoms with Crippen molar-refractivity contribution in [3.05, 3.63) is 23.8 Å². The molecule has 0 spiro atoms. The smallest absolute Gasteiger partial charge is 0.313 e. The van der Waals surface area contributed by atoms with Crippen LogP contribution in [0.1, 0.15) is 5.56 Å². The first kappa shape index (κ1) is 15.4. The molecule has 0 aromatic heterocycles. The van der Waals surface area contributed by atoms with E-state index in [-0.39, 0.29) is 17.4 Å². The molecule has 2 N–H and O–H groups in total. The monoisotopic (exact) mass is 282 g/mol. The topological polar surface area (TPSA) is 69.6 Å². The zero-order valence-corrected chi connectivity index (χ0v) is 12.1. The molecule has 0 saturated heterocycles. The Morgan fingerprint density at radius 3 is 2.58 bits per heavy atom. The van der Waals surface area contributed by atoms with Crippen LogP contribution in [-0.4, -0.2) is 42.6 Å². The van der Waals surface area contributed by atoms with Crippen LogP contribution in [0.2, 0.25) is 0 Å². The lowest BCUT2D eigenvalue weighted by atomic mass is 10.1. The number of aryl methyl sites for hydroxylation is 1. The molecule has 0 saturated carbocycles. The lowest BCUT2D eigenvalue weighted by molar-refractivity contribution is -0.133. The molecule has 0 aliphatic carbocycles. The van der Waals surface area contributed by atoms with Crippen molar-refractivity contribution in [1.82, 2.24) is 0 Å². The van der Waals surface area contributed by atoms with Gasteiger partial charge in [-0.05, 0) is 24.6 Å². The summed E-state index contributed by atoms with van der Waals surface area (Å²) in [5.41, 5.74) is 2.88. The number of anilines is 2. The van der Waals surface area contributed by atoms with E-state index in [1.165, 1.54) is 0 Å². The minimum Gasteiger partial charge on any atom is -0.481 e. The summed E-state index contributed by atoms with van der Waals surface area (Å²) >= 11 is 1.08. The van der Waals surface area contributed by atoms with Gasteiger partial charge in [0.1, 0.15) is 0 Å². The molecule has 0 heterocycles. The summed E-state index contributed by atoms with van der Waals surface area (Å²) in [7, 11) is 3.88. The quantitative estimate of drug-likeness (QED) is 0.833. The van der Waals surface area contributed by atoms with E-state index in [1.807, 2.05) is 44.1 Å². The minimum absolute atomic E-state index is 0.0652. The van der Waals surface area contributed by atoms with Gasteiger partial charge in [0.2, 0.25) is 5.91 Å². The maximum atomic E-state index is 11.6. The third kappa shape index (κ3) is 5.21. The van der Waals surface area contributed by atoms with E-state index >= 15 is 0 Å². The van der Waals surface area contributed by atoms with E-state index in [1.54, 1.807) is 0 Å². The lowest BCUT2D eigenvalue weighted by Crippen LogP contribution is -2.16. The Balaban J connectivity index is 2.59. The highest BCUT2D eigenvalue weighted by Gasteiger charge is 2.07. The highest BCUT2D eigenvalue weighted by molar-refractivity contribution is 8.00. The molecule has 1 aromatic rings. The molecule has 104 valence electrons. The zero-order valence-electron chi connectivity index (χ0n) is 11.3. The molecule has 1 amide bonds. The molecule has 6 heteroatoms. The van der Waals surface area contributed by atoms with Crippen molar-refractivity contribution >= 4 is 35.0 Å². The predicted molar refractivity (Wildman–Crippen MR) is 79.1 cm³/mol. The summed E-state index contributed by atoms with van der Waals surface area (Å²) in [6.45, 7) is 2.00. The molecule has 0 atom stereocenters. The maximum Gasteiger partial charge on any atom is 0.313 e. The Labute approximate surface area is 117 Å². The van der Waals surface area contributed by atoms with E-state index in [0.29, 0.717) is 0 Å². The van der Waals surface area contributed by atoms with Gasteiger partial charge in [-0.2, -0.15) is 0 Å². The van der Waals surface area contributed by atoms with Gasteiger partial charge in [-0.1, -0.05) is 6.07 Å². The SMILES string of the molecule is Cc1ccc(NC(=O)CSCC(=O)O)cc1N(C)C. The summed E-state index contributed by atoms with van der Waals surface area (Å²) in [6.07, 6.45) is 0. The summed E-state index contributed by atoms with van der Waals surface area (Å²) in [4.78, 5) is 23.9. The Bertz CT molecular complexity index is 475. The number of nitrogens with zero attached hydrogens (tertiary/aromatic N) is 1. The van der Waals surface area contributed by atoms with Gasteiger partial charge in [-0.25, -0.2) is 0 Å². The van der Waals surface area contributed by atoms with Crippen molar-refractivity contribution in [2.45, 2.75) is 6.92 Å². The fourth-order valence-electron chi connectivity index (χ4n) is 1.60. The van der Waals surface area contributed by atoms with Gasteiger partial charge in [0.15, 0.2) is 0 Å². The predicted octanol–water partition coefficient (Wildman–Crippen LogP) is 1.82. The second-order valence-corrected chi connectivity index (χ2v) is 5.32. The number of carboxylic acids is 1. The number of hydrogen-bond acceptors (Lipinski definition) is 4. The molecule has 0 aliphatic heterocycles. The average Bonchev–Trinajstić information content (AvgIpc) is 2.30. The third-order valence-electron chi connectivity index (χ3n) is 2.43. The molecular weight excluding hydrogens is 264 g/mol. The van der Waals surface area contributed by atoms with E-state index in [0.717, 1.165) is 28.7 Å². The zero-order chi connectivity index (χ0) is 14.4. The number of carbonyl (C=O) groups is 2. The average molecular weight is 282 g/mol. The molecule has 0 fully saturated rings. The molecule has 5 nitrogen and oxygen atoms in total.